The largest absolute Gasteiger partial charge is 0.468 e. The Morgan fingerprint density at radius 2 is 1.91 bits per heavy atom. The van der Waals surface area contributed by atoms with E-state index in [0.29, 0.717) is 16.1 Å². The number of benzene rings is 2. The van der Waals surface area contributed by atoms with Crippen molar-refractivity contribution in [2.75, 3.05) is 36.2 Å². The third-order valence-electron chi connectivity index (χ3n) is 5.63. The van der Waals surface area contributed by atoms with Crippen LogP contribution in [0, 0.1) is 6.92 Å². The van der Waals surface area contributed by atoms with Crippen molar-refractivity contribution in [3.8, 4) is 0 Å². The number of hydrogen-bond acceptors (Lipinski definition) is 7. The summed E-state index contributed by atoms with van der Waals surface area (Å²) < 4.78 is 5.97. The second kappa shape index (κ2) is 10.1. The molecule has 33 heavy (non-hydrogen) atoms. The molecule has 0 saturated carbocycles. The number of nitrogens with one attached hydrogen (secondary N) is 1. The fourth-order valence-electron chi connectivity index (χ4n) is 3.87. The molecule has 1 aliphatic rings. The SMILES string of the molecule is COC(=O)Cn1c(SCC(=O)Nc2ccc(N3CCCC3)cc2C)nc2ccccc2c1=O. The standard InChI is InChI=1S/C24H26N4O4S/c1-16-13-17(27-11-5-6-12-27)9-10-19(16)25-21(29)15-33-24-26-20-8-4-3-7-18(20)23(31)28(24)14-22(30)32-2/h3-4,7-10,13H,5-6,11-12,14-15H2,1-2H3,(H,25,29). The van der Waals surface area contributed by atoms with Gasteiger partial charge in [-0.05, 0) is 55.7 Å². The molecule has 2 heterocycles. The zero-order chi connectivity index (χ0) is 23.4. The van der Waals surface area contributed by atoms with Crippen LogP contribution in [0.15, 0.2) is 52.4 Å². The van der Waals surface area contributed by atoms with E-state index in [4.69, 9.17) is 4.74 Å². The van der Waals surface area contributed by atoms with Gasteiger partial charge in [-0.2, -0.15) is 0 Å². The van der Waals surface area contributed by atoms with E-state index in [-0.39, 0.29) is 23.8 Å². The summed E-state index contributed by atoms with van der Waals surface area (Å²) in [6.07, 6.45) is 2.41. The predicted molar refractivity (Wildman–Crippen MR) is 130 cm³/mol. The molecule has 0 spiro atoms. The zero-order valence-corrected chi connectivity index (χ0v) is 19.5. The van der Waals surface area contributed by atoms with E-state index in [1.807, 2.05) is 19.1 Å². The van der Waals surface area contributed by atoms with Crippen LogP contribution in [-0.2, 0) is 20.9 Å². The maximum absolute atomic E-state index is 12.9. The number of fused-ring (bicyclic) bond motifs is 1. The quantitative estimate of drug-likeness (QED) is 0.325. The number of thioether (sulfide) groups is 1. The Kier molecular flexibility index (Phi) is 6.98. The van der Waals surface area contributed by atoms with Gasteiger partial charge in [0.1, 0.15) is 6.54 Å². The van der Waals surface area contributed by atoms with Crippen molar-refractivity contribution in [1.29, 1.82) is 0 Å². The smallest absolute Gasteiger partial charge is 0.325 e. The van der Waals surface area contributed by atoms with Gasteiger partial charge in [0.25, 0.3) is 5.56 Å². The molecule has 0 atom stereocenters. The molecule has 0 bridgehead atoms. The fourth-order valence-corrected chi connectivity index (χ4v) is 4.67. The molecule has 0 radical (unpaired) electrons. The normalized spacial score (nSPS) is 13.3. The summed E-state index contributed by atoms with van der Waals surface area (Å²) in [5.41, 5.74) is 3.08. The zero-order valence-electron chi connectivity index (χ0n) is 18.7. The van der Waals surface area contributed by atoms with E-state index >= 15 is 0 Å². The summed E-state index contributed by atoms with van der Waals surface area (Å²) >= 11 is 1.11. The van der Waals surface area contributed by atoms with Gasteiger partial charge in [-0.1, -0.05) is 23.9 Å². The van der Waals surface area contributed by atoms with Crippen LogP contribution in [0.1, 0.15) is 18.4 Å². The lowest BCUT2D eigenvalue weighted by atomic mass is 10.1. The minimum atomic E-state index is -0.561. The molecule has 172 valence electrons. The summed E-state index contributed by atoms with van der Waals surface area (Å²) in [6.45, 7) is 3.83. The number of methoxy groups -OCH3 is 1. The summed E-state index contributed by atoms with van der Waals surface area (Å²) in [4.78, 5) is 44.3. The van der Waals surface area contributed by atoms with Crippen LogP contribution in [0.25, 0.3) is 10.9 Å². The number of aromatic nitrogens is 2. The molecule has 9 heteroatoms. The third-order valence-corrected chi connectivity index (χ3v) is 6.61. The van der Waals surface area contributed by atoms with E-state index in [0.717, 1.165) is 36.1 Å². The van der Waals surface area contributed by atoms with Gasteiger partial charge < -0.3 is 15.0 Å². The van der Waals surface area contributed by atoms with Crippen LogP contribution < -0.4 is 15.8 Å². The Morgan fingerprint density at radius 1 is 1.15 bits per heavy atom. The van der Waals surface area contributed by atoms with Crippen LogP contribution in [0.5, 0.6) is 0 Å². The van der Waals surface area contributed by atoms with Gasteiger partial charge in [0.15, 0.2) is 5.16 Å². The van der Waals surface area contributed by atoms with Crippen LogP contribution >= 0.6 is 11.8 Å². The van der Waals surface area contributed by atoms with Gasteiger partial charge in [-0.15, -0.1) is 0 Å². The molecule has 0 unspecified atom stereocenters. The number of ether oxygens (including phenoxy) is 1. The number of carbonyl (C=O) groups is 2. The summed E-state index contributed by atoms with van der Waals surface area (Å²) in [7, 11) is 1.26. The maximum Gasteiger partial charge on any atom is 0.325 e. The third kappa shape index (κ3) is 5.19. The molecule has 3 aromatic rings. The number of anilines is 2. The Hall–Kier alpha value is -3.33. The van der Waals surface area contributed by atoms with Crippen molar-refractivity contribution in [1.82, 2.24) is 9.55 Å². The Morgan fingerprint density at radius 3 is 2.64 bits per heavy atom. The maximum atomic E-state index is 12.9. The Balaban J connectivity index is 1.49. The molecule has 1 amide bonds. The molecule has 0 aliphatic carbocycles. The monoisotopic (exact) mass is 466 g/mol. The van der Waals surface area contributed by atoms with Gasteiger partial charge in [-0.25, -0.2) is 4.98 Å². The number of nitrogens with zero attached hydrogens (tertiary/aromatic N) is 3. The van der Waals surface area contributed by atoms with Gasteiger partial charge in [0, 0.05) is 24.5 Å². The first-order valence-corrected chi connectivity index (χ1v) is 11.8. The van der Waals surface area contributed by atoms with Crippen LogP contribution in [0.4, 0.5) is 11.4 Å². The summed E-state index contributed by atoms with van der Waals surface area (Å²) in [5, 5.41) is 3.63. The van der Waals surface area contributed by atoms with Crippen molar-refractivity contribution >= 4 is 45.9 Å². The molecular weight excluding hydrogens is 440 g/mol. The summed E-state index contributed by atoms with van der Waals surface area (Å²) in [5.74, 6) is -0.738. The minimum absolute atomic E-state index is 0.0409. The predicted octanol–water partition coefficient (Wildman–Crippen LogP) is 3.21. The van der Waals surface area contributed by atoms with E-state index < -0.39 is 5.97 Å². The average molecular weight is 467 g/mol. The van der Waals surface area contributed by atoms with Crippen molar-refractivity contribution < 1.29 is 14.3 Å². The number of esters is 1. The second-order valence-corrected chi connectivity index (χ2v) is 8.85. The molecule has 1 saturated heterocycles. The highest BCUT2D eigenvalue weighted by molar-refractivity contribution is 7.99. The lowest BCUT2D eigenvalue weighted by Gasteiger charge is -2.19. The molecular formula is C24H26N4O4S. The minimum Gasteiger partial charge on any atom is -0.468 e. The highest BCUT2D eigenvalue weighted by Crippen LogP contribution is 2.26. The lowest BCUT2D eigenvalue weighted by molar-refractivity contribution is -0.141. The van der Waals surface area contributed by atoms with Crippen LogP contribution in [-0.4, -0.2) is 47.4 Å². The van der Waals surface area contributed by atoms with E-state index in [1.165, 1.54) is 30.2 Å². The van der Waals surface area contributed by atoms with Crippen LogP contribution in [0.3, 0.4) is 0 Å². The number of amides is 1. The van der Waals surface area contributed by atoms with Crippen molar-refractivity contribution in [2.45, 2.75) is 31.5 Å². The highest BCUT2D eigenvalue weighted by Gasteiger charge is 2.17. The highest BCUT2D eigenvalue weighted by atomic mass is 32.2. The van der Waals surface area contributed by atoms with Gasteiger partial charge >= 0.3 is 5.97 Å². The van der Waals surface area contributed by atoms with Gasteiger partial charge in [-0.3, -0.25) is 19.0 Å². The number of carbonyl (C=O) groups excluding carboxylic acids is 2. The molecule has 1 N–H and O–H groups in total. The van der Waals surface area contributed by atoms with E-state index in [1.54, 1.807) is 24.3 Å². The average Bonchev–Trinajstić information content (AvgIpc) is 3.36. The molecule has 4 rings (SSSR count). The molecule has 1 fully saturated rings. The molecule has 1 aliphatic heterocycles. The van der Waals surface area contributed by atoms with Crippen LogP contribution in [0.2, 0.25) is 0 Å². The summed E-state index contributed by atoms with van der Waals surface area (Å²) in [6, 6.07) is 13.0. The first kappa shape index (κ1) is 22.8. The van der Waals surface area contributed by atoms with Crippen molar-refractivity contribution in [3.05, 3.63) is 58.4 Å². The number of hydrogen-bond donors (Lipinski definition) is 1. The lowest BCUT2D eigenvalue weighted by Crippen LogP contribution is -2.28. The number of para-hydroxylation sites is 1. The number of aryl methyl sites for hydroxylation is 1. The first-order valence-electron chi connectivity index (χ1n) is 10.8. The van der Waals surface area contributed by atoms with Gasteiger partial charge in [0.2, 0.25) is 5.91 Å². The van der Waals surface area contributed by atoms with Crippen molar-refractivity contribution in [3.63, 3.8) is 0 Å². The molecule has 2 aromatic carbocycles. The van der Waals surface area contributed by atoms with E-state index in [2.05, 4.69) is 21.3 Å². The second-order valence-electron chi connectivity index (χ2n) is 7.91. The van der Waals surface area contributed by atoms with Gasteiger partial charge in [0.05, 0.1) is 23.8 Å². The Labute approximate surface area is 195 Å². The van der Waals surface area contributed by atoms with Crippen molar-refractivity contribution in [2.24, 2.45) is 0 Å². The number of rotatable bonds is 7. The topological polar surface area (TPSA) is 93.5 Å². The molecule has 1 aromatic heterocycles. The Bertz CT molecular complexity index is 1250. The van der Waals surface area contributed by atoms with E-state index in [9.17, 15) is 14.4 Å². The molecule has 8 nitrogen and oxygen atoms in total. The fraction of sp³-hybridized carbons (Fsp3) is 0.333. The first-order chi connectivity index (χ1) is 16.0.